The number of fused-ring (bicyclic) bond motifs is 1. The maximum atomic E-state index is 12.3. The van der Waals surface area contributed by atoms with Gasteiger partial charge in [-0.1, -0.05) is 12.1 Å². The Balaban J connectivity index is 1.64. The van der Waals surface area contributed by atoms with Crippen LogP contribution >= 0.6 is 11.8 Å². The van der Waals surface area contributed by atoms with Crippen LogP contribution < -0.4 is 0 Å². The zero-order chi connectivity index (χ0) is 15.7. The molecule has 0 saturated carbocycles. The van der Waals surface area contributed by atoms with Gasteiger partial charge in [-0.2, -0.15) is 11.8 Å². The number of hydrogen-bond acceptors (Lipinski definition) is 5. The van der Waals surface area contributed by atoms with Crippen molar-refractivity contribution in [3.63, 3.8) is 0 Å². The number of aliphatic hydroxyl groups is 1. The molecule has 2 aliphatic heterocycles. The van der Waals surface area contributed by atoms with E-state index in [4.69, 9.17) is 0 Å². The number of thioether (sulfide) groups is 1. The first kappa shape index (κ1) is 15.5. The minimum atomic E-state index is -0.715. The van der Waals surface area contributed by atoms with E-state index in [1.807, 2.05) is 11.8 Å². The average molecular weight is 320 g/mol. The SMILES string of the molecule is C[C@H]1CSCCN1C[C@@H](O)CN1C(=O)c2ccccc2C1=O. The molecule has 22 heavy (non-hydrogen) atoms. The van der Waals surface area contributed by atoms with Crippen LogP contribution in [0.5, 0.6) is 0 Å². The monoisotopic (exact) mass is 320 g/mol. The van der Waals surface area contributed by atoms with E-state index in [9.17, 15) is 14.7 Å². The molecule has 2 aliphatic rings. The van der Waals surface area contributed by atoms with Gasteiger partial charge in [0.1, 0.15) is 0 Å². The first-order valence-corrected chi connectivity index (χ1v) is 8.68. The summed E-state index contributed by atoms with van der Waals surface area (Å²) >= 11 is 1.92. The lowest BCUT2D eigenvalue weighted by atomic mass is 10.1. The summed E-state index contributed by atoms with van der Waals surface area (Å²) in [6.07, 6.45) is -0.715. The van der Waals surface area contributed by atoms with Crippen LogP contribution in [0.1, 0.15) is 27.6 Å². The van der Waals surface area contributed by atoms with Crippen molar-refractivity contribution in [2.24, 2.45) is 0 Å². The fourth-order valence-corrected chi connectivity index (χ4v) is 4.06. The van der Waals surface area contributed by atoms with Gasteiger partial charge in [0.05, 0.1) is 23.8 Å². The van der Waals surface area contributed by atoms with E-state index in [0.717, 1.165) is 18.1 Å². The number of carbonyl (C=O) groups is 2. The second kappa shape index (κ2) is 6.40. The van der Waals surface area contributed by atoms with Crippen molar-refractivity contribution in [2.75, 3.05) is 31.1 Å². The molecule has 2 amide bonds. The molecule has 0 bridgehead atoms. The van der Waals surface area contributed by atoms with Gasteiger partial charge in [-0.3, -0.25) is 19.4 Å². The Morgan fingerprint density at radius 3 is 2.45 bits per heavy atom. The summed E-state index contributed by atoms with van der Waals surface area (Å²) in [7, 11) is 0. The lowest BCUT2D eigenvalue weighted by Gasteiger charge is -2.34. The number of rotatable bonds is 4. The normalized spacial score (nSPS) is 23.7. The van der Waals surface area contributed by atoms with Gasteiger partial charge in [-0.15, -0.1) is 0 Å². The van der Waals surface area contributed by atoms with E-state index in [1.54, 1.807) is 24.3 Å². The molecule has 1 aromatic carbocycles. The number of β-amino-alcohol motifs (C(OH)–C–C–N with tert-alkyl or cyclic N) is 1. The molecular weight excluding hydrogens is 300 g/mol. The highest BCUT2D eigenvalue weighted by Crippen LogP contribution is 2.23. The molecular formula is C16H20N2O3S. The molecule has 118 valence electrons. The largest absolute Gasteiger partial charge is 0.390 e. The van der Waals surface area contributed by atoms with Gasteiger partial charge in [0.25, 0.3) is 11.8 Å². The summed E-state index contributed by atoms with van der Waals surface area (Å²) in [6.45, 7) is 3.63. The third kappa shape index (κ3) is 2.91. The Hall–Kier alpha value is -1.37. The molecule has 6 heteroatoms. The molecule has 0 spiro atoms. The highest BCUT2D eigenvalue weighted by molar-refractivity contribution is 7.99. The Morgan fingerprint density at radius 2 is 1.86 bits per heavy atom. The van der Waals surface area contributed by atoms with Crippen LogP contribution in [0.25, 0.3) is 0 Å². The average Bonchev–Trinajstić information content (AvgIpc) is 2.75. The minimum Gasteiger partial charge on any atom is -0.390 e. The molecule has 1 fully saturated rings. The van der Waals surface area contributed by atoms with Crippen molar-refractivity contribution in [2.45, 2.75) is 19.1 Å². The number of carbonyl (C=O) groups excluding carboxylic acids is 2. The molecule has 3 rings (SSSR count). The predicted molar refractivity (Wildman–Crippen MR) is 86.2 cm³/mol. The summed E-state index contributed by atoms with van der Waals surface area (Å²) in [5, 5.41) is 10.3. The van der Waals surface area contributed by atoms with Crippen molar-refractivity contribution in [1.29, 1.82) is 0 Å². The van der Waals surface area contributed by atoms with Crippen LogP contribution in [0.3, 0.4) is 0 Å². The number of nitrogens with zero attached hydrogens (tertiary/aromatic N) is 2. The summed E-state index contributed by atoms with van der Waals surface area (Å²) in [4.78, 5) is 27.9. The van der Waals surface area contributed by atoms with Crippen LogP contribution in [-0.4, -0.2) is 70.0 Å². The fourth-order valence-electron chi connectivity index (χ4n) is 2.98. The van der Waals surface area contributed by atoms with Crippen molar-refractivity contribution < 1.29 is 14.7 Å². The van der Waals surface area contributed by atoms with Crippen molar-refractivity contribution in [3.05, 3.63) is 35.4 Å². The molecule has 1 saturated heterocycles. The fraction of sp³-hybridized carbons (Fsp3) is 0.500. The van der Waals surface area contributed by atoms with Crippen LogP contribution in [0, 0.1) is 0 Å². The van der Waals surface area contributed by atoms with Gasteiger partial charge in [0.2, 0.25) is 0 Å². The highest BCUT2D eigenvalue weighted by atomic mass is 32.2. The molecule has 0 aromatic heterocycles. The van der Waals surface area contributed by atoms with Gasteiger partial charge < -0.3 is 5.11 Å². The lowest BCUT2D eigenvalue weighted by Crippen LogP contribution is -2.48. The summed E-state index contributed by atoms with van der Waals surface area (Å²) < 4.78 is 0. The molecule has 5 nitrogen and oxygen atoms in total. The Kier molecular flexibility index (Phi) is 4.52. The number of imide groups is 1. The van der Waals surface area contributed by atoms with Gasteiger partial charge in [-0.25, -0.2) is 0 Å². The smallest absolute Gasteiger partial charge is 0.261 e. The van der Waals surface area contributed by atoms with Gasteiger partial charge >= 0.3 is 0 Å². The number of amides is 2. The number of hydrogen-bond donors (Lipinski definition) is 1. The highest BCUT2D eigenvalue weighted by Gasteiger charge is 2.36. The quantitative estimate of drug-likeness (QED) is 0.841. The van der Waals surface area contributed by atoms with E-state index in [1.165, 1.54) is 4.90 Å². The summed E-state index contributed by atoms with van der Waals surface area (Å²) in [5.41, 5.74) is 0.866. The van der Waals surface area contributed by atoms with Gasteiger partial charge in [-0.05, 0) is 19.1 Å². The topological polar surface area (TPSA) is 60.9 Å². The van der Waals surface area contributed by atoms with Crippen molar-refractivity contribution in [3.8, 4) is 0 Å². The van der Waals surface area contributed by atoms with E-state index in [2.05, 4.69) is 11.8 Å². The first-order chi connectivity index (χ1) is 10.6. The number of aliphatic hydroxyl groups excluding tert-OH is 1. The molecule has 1 N–H and O–H groups in total. The van der Waals surface area contributed by atoms with E-state index in [0.29, 0.717) is 23.7 Å². The summed E-state index contributed by atoms with van der Waals surface area (Å²) in [6, 6.07) is 7.22. The second-order valence-corrected chi connectivity index (χ2v) is 6.99. The summed E-state index contributed by atoms with van der Waals surface area (Å²) in [5.74, 6) is 1.51. The van der Waals surface area contributed by atoms with E-state index >= 15 is 0 Å². The van der Waals surface area contributed by atoms with E-state index < -0.39 is 6.10 Å². The van der Waals surface area contributed by atoms with Crippen LogP contribution in [0.15, 0.2) is 24.3 Å². The lowest BCUT2D eigenvalue weighted by molar-refractivity contribution is 0.0449. The minimum absolute atomic E-state index is 0.0582. The first-order valence-electron chi connectivity index (χ1n) is 7.53. The van der Waals surface area contributed by atoms with Crippen molar-refractivity contribution in [1.82, 2.24) is 9.80 Å². The van der Waals surface area contributed by atoms with Gasteiger partial charge in [0, 0.05) is 30.6 Å². The third-order valence-electron chi connectivity index (χ3n) is 4.22. The molecule has 0 radical (unpaired) electrons. The van der Waals surface area contributed by atoms with Crippen LogP contribution in [-0.2, 0) is 0 Å². The van der Waals surface area contributed by atoms with E-state index in [-0.39, 0.29) is 18.4 Å². The second-order valence-electron chi connectivity index (χ2n) is 5.84. The molecule has 2 heterocycles. The predicted octanol–water partition coefficient (Wildman–Crippen LogP) is 1.08. The van der Waals surface area contributed by atoms with Gasteiger partial charge in [0.15, 0.2) is 0 Å². The molecule has 0 aliphatic carbocycles. The molecule has 2 atom stereocenters. The zero-order valence-electron chi connectivity index (χ0n) is 12.6. The third-order valence-corrected chi connectivity index (χ3v) is 5.41. The Labute approximate surface area is 134 Å². The zero-order valence-corrected chi connectivity index (χ0v) is 13.4. The Bertz CT molecular complexity index is 558. The Morgan fingerprint density at radius 1 is 1.23 bits per heavy atom. The maximum absolute atomic E-state index is 12.3. The van der Waals surface area contributed by atoms with Crippen LogP contribution in [0.4, 0.5) is 0 Å². The van der Waals surface area contributed by atoms with Crippen LogP contribution in [0.2, 0.25) is 0 Å². The molecule has 1 aromatic rings. The van der Waals surface area contributed by atoms with Crippen molar-refractivity contribution >= 4 is 23.6 Å². The standard InChI is InChI=1S/C16H20N2O3S/c1-11-10-22-7-6-17(11)8-12(19)9-18-15(20)13-4-2-3-5-14(13)16(18)21/h2-5,11-12,19H,6-10H2,1H3/t11-,12+/m0/s1. The number of benzene rings is 1. The molecule has 0 unspecified atom stereocenters. The maximum Gasteiger partial charge on any atom is 0.261 e.